The quantitative estimate of drug-likeness (QED) is 0.831. The molecule has 144 valence electrons. The maximum atomic E-state index is 12.8. The van der Waals surface area contributed by atoms with E-state index >= 15 is 0 Å². The Morgan fingerprint density at radius 2 is 1.85 bits per heavy atom. The molecule has 1 aromatic carbocycles. The number of carbonyl (C=O) groups is 2. The average Bonchev–Trinajstić information content (AvgIpc) is 2.60. The first-order chi connectivity index (χ1) is 12.3. The van der Waals surface area contributed by atoms with E-state index in [0.29, 0.717) is 38.4 Å². The monoisotopic (exact) mass is 372 g/mol. The summed E-state index contributed by atoms with van der Waals surface area (Å²) in [5, 5.41) is 4.82. The molecule has 0 aliphatic carbocycles. The molecule has 0 unspecified atom stereocenters. The molecule has 2 rings (SSSR count). The summed E-state index contributed by atoms with van der Waals surface area (Å²) in [5.74, 6) is -0.397. The summed E-state index contributed by atoms with van der Waals surface area (Å²) in [6.07, 6.45) is -3.59. The normalized spacial score (nSPS) is 15.6. The molecule has 0 bridgehead atoms. The second-order valence-electron chi connectivity index (χ2n) is 6.12. The molecule has 6 nitrogen and oxygen atoms in total. The van der Waals surface area contributed by atoms with Gasteiger partial charge in [-0.1, -0.05) is 13.0 Å². The molecule has 0 spiro atoms. The van der Waals surface area contributed by atoms with Crippen LogP contribution in [0.2, 0.25) is 0 Å². The molecule has 0 atom stereocenters. The maximum Gasteiger partial charge on any atom is 0.416 e. The molecule has 1 aromatic rings. The van der Waals surface area contributed by atoms with E-state index < -0.39 is 23.7 Å². The first-order valence-electron chi connectivity index (χ1n) is 8.52. The molecule has 1 heterocycles. The lowest BCUT2D eigenvalue weighted by atomic mass is 10.1. The number of alkyl halides is 3. The van der Waals surface area contributed by atoms with Crippen LogP contribution in [0.5, 0.6) is 0 Å². The van der Waals surface area contributed by atoms with Crippen molar-refractivity contribution in [2.24, 2.45) is 0 Å². The Hall–Kier alpha value is -2.29. The number of carbonyl (C=O) groups excluding carboxylic acids is 2. The van der Waals surface area contributed by atoms with E-state index in [2.05, 4.69) is 10.6 Å². The number of rotatable bonds is 5. The van der Waals surface area contributed by atoms with Gasteiger partial charge in [0, 0.05) is 38.4 Å². The van der Waals surface area contributed by atoms with Crippen molar-refractivity contribution in [1.29, 1.82) is 0 Å². The zero-order valence-corrected chi connectivity index (χ0v) is 14.6. The van der Waals surface area contributed by atoms with Gasteiger partial charge in [0.05, 0.1) is 12.1 Å². The third-order valence-corrected chi connectivity index (χ3v) is 4.07. The molecule has 3 amide bonds. The maximum absolute atomic E-state index is 12.8. The highest BCUT2D eigenvalue weighted by molar-refractivity contribution is 5.95. The zero-order valence-electron chi connectivity index (χ0n) is 14.6. The Balaban J connectivity index is 1.82. The van der Waals surface area contributed by atoms with Crippen molar-refractivity contribution in [2.45, 2.75) is 19.5 Å². The Labute approximate surface area is 150 Å². The SMILES string of the molecule is CCCNC(=O)NC(=O)CN1CCN(c2cccc(C(F)(F)F)c2)CC1. The highest BCUT2D eigenvalue weighted by atomic mass is 19.4. The number of imide groups is 1. The van der Waals surface area contributed by atoms with Gasteiger partial charge in [-0.2, -0.15) is 13.2 Å². The standard InChI is InChI=1S/C17H23F3N4O2/c1-2-6-21-16(26)22-15(25)12-23-7-9-24(10-8-23)14-5-3-4-13(11-14)17(18,19)20/h3-5,11H,2,6-10,12H2,1H3,(H2,21,22,25,26). The lowest BCUT2D eigenvalue weighted by Gasteiger charge is -2.35. The molecule has 0 saturated carbocycles. The van der Waals surface area contributed by atoms with Gasteiger partial charge in [0.2, 0.25) is 5.91 Å². The third kappa shape index (κ3) is 5.91. The van der Waals surface area contributed by atoms with Crippen molar-refractivity contribution in [2.75, 3.05) is 44.2 Å². The van der Waals surface area contributed by atoms with Gasteiger partial charge in [-0.05, 0) is 24.6 Å². The summed E-state index contributed by atoms with van der Waals surface area (Å²) in [7, 11) is 0. The molecule has 1 fully saturated rings. The highest BCUT2D eigenvalue weighted by Crippen LogP contribution is 2.31. The number of urea groups is 1. The minimum absolute atomic E-state index is 0.0793. The fraction of sp³-hybridized carbons (Fsp3) is 0.529. The number of nitrogens with one attached hydrogen (secondary N) is 2. The largest absolute Gasteiger partial charge is 0.416 e. The number of anilines is 1. The van der Waals surface area contributed by atoms with Crippen molar-refractivity contribution in [3.05, 3.63) is 29.8 Å². The average molecular weight is 372 g/mol. The highest BCUT2D eigenvalue weighted by Gasteiger charge is 2.31. The minimum Gasteiger partial charge on any atom is -0.369 e. The summed E-state index contributed by atoms with van der Waals surface area (Å²) in [6.45, 7) is 4.56. The number of halogens is 3. The summed E-state index contributed by atoms with van der Waals surface area (Å²) in [5.41, 5.74) is -0.155. The first-order valence-corrected chi connectivity index (χ1v) is 8.52. The predicted molar refractivity (Wildman–Crippen MR) is 91.9 cm³/mol. The Morgan fingerprint density at radius 3 is 2.46 bits per heavy atom. The van der Waals surface area contributed by atoms with Gasteiger partial charge in [0.1, 0.15) is 0 Å². The van der Waals surface area contributed by atoms with E-state index in [0.717, 1.165) is 18.6 Å². The van der Waals surface area contributed by atoms with Gasteiger partial charge >= 0.3 is 12.2 Å². The summed E-state index contributed by atoms with van der Waals surface area (Å²) in [4.78, 5) is 27.0. The van der Waals surface area contributed by atoms with Crippen LogP contribution in [0.15, 0.2) is 24.3 Å². The van der Waals surface area contributed by atoms with Gasteiger partial charge in [0.15, 0.2) is 0 Å². The van der Waals surface area contributed by atoms with E-state index in [1.165, 1.54) is 6.07 Å². The van der Waals surface area contributed by atoms with E-state index in [9.17, 15) is 22.8 Å². The van der Waals surface area contributed by atoms with Gasteiger partial charge in [-0.3, -0.25) is 15.0 Å². The van der Waals surface area contributed by atoms with Gasteiger partial charge in [0.25, 0.3) is 0 Å². The van der Waals surface area contributed by atoms with Crippen molar-refractivity contribution >= 4 is 17.6 Å². The topological polar surface area (TPSA) is 64.7 Å². The van der Waals surface area contributed by atoms with E-state index in [-0.39, 0.29) is 6.54 Å². The Kier molecular flexibility index (Phi) is 6.84. The van der Waals surface area contributed by atoms with Crippen molar-refractivity contribution < 1.29 is 22.8 Å². The van der Waals surface area contributed by atoms with Crippen molar-refractivity contribution in [1.82, 2.24) is 15.5 Å². The van der Waals surface area contributed by atoms with E-state index in [1.54, 1.807) is 6.07 Å². The van der Waals surface area contributed by atoms with Gasteiger partial charge < -0.3 is 10.2 Å². The smallest absolute Gasteiger partial charge is 0.369 e. The fourth-order valence-corrected chi connectivity index (χ4v) is 2.70. The number of amides is 3. The minimum atomic E-state index is -4.37. The predicted octanol–water partition coefficient (Wildman–Crippen LogP) is 2.06. The van der Waals surface area contributed by atoms with E-state index in [1.807, 2.05) is 16.7 Å². The second kappa shape index (κ2) is 8.88. The van der Waals surface area contributed by atoms with Crippen LogP contribution in [-0.2, 0) is 11.0 Å². The molecule has 1 saturated heterocycles. The first kappa shape index (κ1) is 20.0. The van der Waals surface area contributed by atoms with Crippen LogP contribution in [-0.4, -0.2) is 56.1 Å². The molecule has 9 heteroatoms. The zero-order chi connectivity index (χ0) is 19.2. The fourth-order valence-electron chi connectivity index (χ4n) is 2.70. The number of hydrogen-bond acceptors (Lipinski definition) is 4. The second-order valence-corrected chi connectivity index (χ2v) is 6.12. The number of nitrogens with zero attached hydrogens (tertiary/aromatic N) is 2. The Bertz CT molecular complexity index is 629. The number of benzene rings is 1. The van der Waals surface area contributed by atoms with Gasteiger partial charge in [-0.15, -0.1) is 0 Å². The van der Waals surface area contributed by atoms with Crippen molar-refractivity contribution in [3.8, 4) is 0 Å². The van der Waals surface area contributed by atoms with Crippen LogP contribution in [0.3, 0.4) is 0 Å². The van der Waals surface area contributed by atoms with Crippen LogP contribution < -0.4 is 15.5 Å². The summed E-state index contributed by atoms with van der Waals surface area (Å²) in [6, 6.07) is 4.72. The summed E-state index contributed by atoms with van der Waals surface area (Å²) >= 11 is 0. The van der Waals surface area contributed by atoms with Crippen LogP contribution in [0.25, 0.3) is 0 Å². The van der Waals surface area contributed by atoms with Crippen LogP contribution >= 0.6 is 0 Å². The summed E-state index contributed by atoms with van der Waals surface area (Å²) < 4.78 is 38.5. The van der Waals surface area contributed by atoms with Gasteiger partial charge in [-0.25, -0.2) is 4.79 Å². The molecular formula is C17H23F3N4O2. The molecular weight excluding hydrogens is 349 g/mol. The van der Waals surface area contributed by atoms with Crippen LogP contribution in [0.1, 0.15) is 18.9 Å². The molecule has 0 aromatic heterocycles. The van der Waals surface area contributed by atoms with Crippen LogP contribution in [0, 0.1) is 0 Å². The third-order valence-electron chi connectivity index (χ3n) is 4.07. The lowest BCUT2D eigenvalue weighted by Crippen LogP contribution is -2.51. The van der Waals surface area contributed by atoms with Crippen molar-refractivity contribution in [3.63, 3.8) is 0 Å². The molecule has 1 aliphatic heterocycles. The van der Waals surface area contributed by atoms with Crippen LogP contribution in [0.4, 0.5) is 23.7 Å². The molecule has 1 aliphatic rings. The molecule has 2 N–H and O–H groups in total. The number of piperazine rings is 1. The molecule has 0 radical (unpaired) electrons. The number of hydrogen-bond donors (Lipinski definition) is 2. The molecule has 26 heavy (non-hydrogen) atoms. The van der Waals surface area contributed by atoms with E-state index in [4.69, 9.17) is 0 Å². The lowest BCUT2D eigenvalue weighted by molar-refractivity contribution is -0.137. The Morgan fingerprint density at radius 1 is 1.15 bits per heavy atom.